The topological polar surface area (TPSA) is 85.4 Å². The van der Waals surface area contributed by atoms with E-state index in [9.17, 15) is 9.59 Å². The summed E-state index contributed by atoms with van der Waals surface area (Å²) in [4.78, 5) is 29.3. The van der Waals surface area contributed by atoms with E-state index in [1.165, 1.54) is 16.2 Å². The molecule has 22 heavy (non-hydrogen) atoms. The van der Waals surface area contributed by atoms with Crippen LogP contribution in [-0.4, -0.2) is 47.0 Å². The molecule has 0 aliphatic carbocycles. The number of fused-ring (bicyclic) bond motifs is 1. The molecule has 0 saturated heterocycles. The minimum atomic E-state index is -0.168. The summed E-state index contributed by atoms with van der Waals surface area (Å²) in [6.45, 7) is 0.195. The maximum Gasteiger partial charge on any atom is 0.263 e. The van der Waals surface area contributed by atoms with Gasteiger partial charge in [0.1, 0.15) is 5.00 Å². The molecule has 114 valence electrons. The molecule has 7 heteroatoms. The van der Waals surface area contributed by atoms with E-state index >= 15 is 0 Å². The molecular weight excluding hydrogens is 302 g/mol. The van der Waals surface area contributed by atoms with Crippen LogP contribution in [0.1, 0.15) is 20.9 Å². The Hall–Kier alpha value is -2.38. The number of nitrogens with one attached hydrogen (secondary N) is 2. The van der Waals surface area contributed by atoms with Gasteiger partial charge in [0, 0.05) is 31.0 Å². The lowest BCUT2D eigenvalue weighted by Gasteiger charge is -2.14. The Morgan fingerprint density at radius 2 is 2.32 bits per heavy atom. The fourth-order valence-corrected chi connectivity index (χ4v) is 3.32. The molecular formula is C15H15N3O3S. The van der Waals surface area contributed by atoms with Crippen molar-refractivity contribution in [2.75, 3.05) is 25.5 Å². The lowest BCUT2D eigenvalue weighted by Crippen LogP contribution is -2.28. The van der Waals surface area contributed by atoms with Gasteiger partial charge in [0.05, 0.1) is 17.1 Å². The summed E-state index contributed by atoms with van der Waals surface area (Å²) in [6.07, 6.45) is 3.55. The average Bonchev–Trinajstić information content (AvgIpc) is 3.18. The molecule has 0 saturated carbocycles. The van der Waals surface area contributed by atoms with Crippen molar-refractivity contribution < 1.29 is 14.7 Å². The number of likely N-dealkylation sites (N-methyl/N-ethyl adjacent to an activating group) is 1. The van der Waals surface area contributed by atoms with E-state index in [1.54, 1.807) is 25.4 Å². The van der Waals surface area contributed by atoms with Crippen molar-refractivity contribution in [3.63, 3.8) is 0 Å². The number of nitrogens with zero attached hydrogens (tertiary/aromatic N) is 1. The Kier molecular flexibility index (Phi) is 3.82. The zero-order chi connectivity index (χ0) is 15.7. The van der Waals surface area contributed by atoms with E-state index < -0.39 is 0 Å². The van der Waals surface area contributed by atoms with Crippen LogP contribution in [0.15, 0.2) is 24.4 Å². The number of carbonyl (C=O) groups excluding carboxylic acids is 2. The third-order valence-electron chi connectivity index (χ3n) is 3.41. The molecule has 2 amide bonds. The fraction of sp³-hybridized carbons (Fsp3) is 0.200. The van der Waals surface area contributed by atoms with Gasteiger partial charge in [-0.1, -0.05) is 0 Å². The number of rotatable bonds is 4. The monoisotopic (exact) mass is 317 g/mol. The van der Waals surface area contributed by atoms with E-state index in [2.05, 4.69) is 10.3 Å². The van der Waals surface area contributed by atoms with Gasteiger partial charge < -0.3 is 20.3 Å². The van der Waals surface area contributed by atoms with E-state index in [0.29, 0.717) is 15.5 Å². The van der Waals surface area contributed by atoms with Gasteiger partial charge in [-0.2, -0.15) is 0 Å². The summed E-state index contributed by atoms with van der Waals surface area (Å²) in [6, 6.07) is 5.45. The van der Waals surface area contributed by atoms with Gasteiger partial charge in [0.2, 0.25) is 0 Å². The molecule has 0 atom stereocenters. The normalized spacial score (nSPS) is 15.0. The van der Waals surface area contributed by atoms with E-state index in [1.807, 2.05) is 12.1 Å². The van der Waals surface area contributed by atoms with Crippen molar-refractivity contribution in [2.24, 2.45) is 0 Å². The van der Waals surface area contributed by atoms with Crippen LogP contribution in [0.3, 0.4) is 0 Å². The van der Waals surface area contributed by atoms with Gasteiger partial charge >= 0.3 is 0 Å². The minimum absolute atomic E-state index is 0.0813. The second-order valence-corrected chi connectivity index (χ2v) is 5.99. The van der Waals surface area contributed by atoms with Crippen molar-refractivity contribution in [2.45, 2.75) is 0 Å². The van der Waals surface area contributed by atoms with E-state index in [-0.39, 0.29) is 25.0 Å². The maximum absolute atomic E-state index is 12.2. The first-order valence-electron chi connectivity index (χ1n) is 6.77. The summed E-state index contributed by atoms with van der Waals surface area (Å²) in [7, 11) is 1.64. The molecule has 3 N–H and O–H groups in total. The Morgan fingerprint density at radius 3 is 3.00 bits per heavy atom. The quantitative estimate of drug-likeness (QED) is 0.749. The van der Waals surface area contributed by atoms with Crippen LogP contribution in [0.4, 0.5) is 5.00 Å². The number of aromatic nitrogens is 1. The van der Waals surface area contributed by atoms with Crippen molar-refractivity contribution in [3.05, 3.63) is 40.5 Å². The third-order valence-corrected chi connectivity index (χ3v) is 4.45. The first-order valence-corrected chi connectivity index (χ1v) is 7.58. The summed E-state index contributed by atoms with van der Waals surface area (Å²) in [5.74, 6) is -0.333. The molecule has 0 bridgehead atoms. The molecule has 1 aliphatic heterocycles. The van der Waals surface area contributed by atoms with Gasteiger partial charge in [-0.05, 0) is 24.3 Å². The molecule has 6 nitrogen and oxygen atoms in total. The number of anilines is 1. The lowest BCUT2D eigenvalue weighted by molar-refractivity contribution is -0.110. The number of aliphatic hydroxyl groups is 1. The highest BCUT2D eigenvalue weighted by Crippen LogP contribution is 2.40. The van der Waals surface area contributed by atoms with Crippen molar-refractivity contribution in [1.82, 2.24) is 9.88 Å². The molecule has 1 aliphatic rings. The van der Waals surface area contributed by atoms with Gasteiger partial charge in [0.25, 0.3) is 11.8 Å². The number of amides is 2. The highest BCUT2D eigenvalue weighted by Gasteiger charge is 2.29. The number of aliphatic hydroxyl groups excluding tert-OH is 1. The number of carbonyl (C=O) groups is 2. The zero-order valence-electron chi connectivity index (χ0n) is 11.9. The van der Waals surface area contributed by atoms with E-state index in [4.69, 9.17) is 5.11 Å². The molecule has 0 aromatic carbocycles. The molecule has 0 unspecified atom stereocenters. The predicted molar refractivity (Wildman–Crippen MR) is 85.7 cm³/mol. The zero-order valence-corrected chi connectivity index (χ0v) is 12.7. The summed E-state index contributed by atoms with van der Waals surface area (Å²) >= 11 is 1.25. The van der Waals surface area contributed by atoms with Crippen LogP contribution >= 0.6 is 11.3 Å². The lowest BCUT2D eigenvalue weighted by atomic mass is 10.1. The summed E-state index contributed by atoms with van der Waals surface area (Å²) < 4.78 is 0. The van der Waals surface area contributed by atoms with Crippen molar-refractivity contribution in [1.29, 1.82) is 0 Å². The van der Waals surface area contributed by atoms with Crippen LogP contribution in [0.5, 0.6) is 0 Å². The summed E-state index contributed by atoms with van der Waals surface area (Å²) in [5, 5.41) is 12.4. The number of thiophene rings is 1. The van der Waals surface area contributed by atoms with E-state index in [0.717, 1.165) is 11.3 Å². The SMILES string of the molecule is CN(CCO)C(=O)c1cc2c(s1)NC(=O)/C2=C\c1ccc[nH]1. The van der Waals surface area contributed by atoms with Crippen LogP contribution in [0.25, 0.3) is 11.6 Å². The first-order chi connectivity index (χ1) is 10.6. The highest BCUT2D eigenvalue weighted by molar-refractivity contribution is 7.18. The van der Waals surface area contributed by atoms with Crippen LogP contribution in [0.2, 0.25) is 0 Å². The number of hydrogen-bond donors (Lipinski definition) is 3. The maximum atomic E-state index is 12.2. The number of H-pyrrole nitrogens is 1. The Balaban J connectivity index is 1.92. The predicted octanol–water partition coefficient (Wildman–Crippen LogP) is 1.63. The summed E-state index contributed by atoms with van der Waals surface area (Å²) in [5.41, 5.74) is 2.11. The Morgan fingerprint density at radius 1 is 1.50 bits per heavy atom. The second kappa shape index (κ2) is 5.78. The standard InChI is InChI=1S/C15H15N3O3S/c1-18(5-6-19)15(21)12-8-11-10(7-9-3-2-4-16-9)13(20)17-14(11)22-12/h2-4,7-8,16,19H,5-6H2,1H3,(H,17,20)/b10-7-. The van der Waals surface area contributed by atoms with Gasteiger partial charge in [-0.3, -0.25) is 9.59 Å². The molecule has 2 aromatic rings. The number of hydrogen-bond acceptors (Lipinski definition) is 4. The minimum Gasteiger partial charge on any atom is -0.395 e. The highest BCUT2D eigenvalue weighted by atomic mass is 32.1. The third kappa shape index (κ3) is 2.56. The van der Waals surface area contributed by atoms with Crippen molar-refractivity contribution >= 4 is 39.8 Å². The largest absolute Gasteiger partial charge is 0.395 e. The first kappa shape index (κ1) is 14.6. The fourth-order valence-electron chi connectivity index (χ4n) is 2.25. The molecule has 0 fully saturated rings. The van der Waals surface area contributed by atoms with Gasteiger partial charge in [0.15, 0.2) is 0 Å². The second-order valence-electron chi connectivity index (χ2n) is 4.94. The molecule has 0 radical (unpaired) electrons. The smallest absolute Gasteiger partial charge is 0.263 e. The van der Waals surface area contributed by atoms with Gasteiger partial charge in [-0.25, -0.2) is 0 Å². The Labute approximate surface area is 131 Å². The van der Waals surface area contributed by atoms with Crippen LogP contribution < -0.4 is 5.32 Å². The van der Waals surface area contributed by atoms with Gasteiger partial charge in [-0.15, -0.1) is 11.3 Å². The molecule has 3 rings (SSSR count). The van der Waals surface area contributed by atoms with Crippen molar-refractivity contribution in [3.8, 4) is 0 Å². The number of aromatic amines is 1. The van der Waals surface area contributed by atoms with Crippen LogP contribution in [-0.2, 0) is 4.79 Å². The average molecular weight is 317 g/mol. The molecule has 3 heterocycles. The Bertz CT molecular complexity index is 746. The van der Waals surface area contributed by atoms with Crippen LogP contribution in [0, 0.1) is 0 Å². The molecule has 0 spiro atoms. The molecule has 2 aromatic heterocycles.